The fourth-order valence-corrected chi connectivity index (χ4v) is 4.16. The summed E-state index contributed by atoms with van der Waals surface area (Å²) in [6.45, 7) is 0.856. The van der Waals surface area contributed by atoms with Gasteiger partial charge in [0, 0.05) is 41.1 Å². The Morgan fingerprint density at radius 3 is 2.74 bits per heavy atom. The maximum atomic E-state index is 14.4. The molecule has 0 aromatic heterocycles. The van der Waals surface area contributed by atoms with Crippen LogP contribution < -0.4 is 10.6 Å². The lowest BCUT2D eigenvalue weighted by Gasteiger charge is -2.25. The topological polar surface area (TPSA) is 41.1 Å². The number of carbonyl (C=O) groups excluding carboxylic acids is 1. The fraction of sp³-hybridized carbons (Fsp3) is 0.316. The first-order valence-corrected chi connectivity index (χ1v) is 9.87. The monoisotopic (exact) mass is 432 g/mol. The molecule has 3 rings (SSSR count). The molecule has 146 valence electrons. The van der Waals surface area contributed by atoms with Crippen molar-refractivity contribution >= 4 is 41.7 Å². The number of nitrogens with one attached hydrogen (secondary N) is 2. The Labute approximate surface area is 172 Å². The molecule has 1 amide bonds. The van der Waals surface area contributed by atoms with Crippen LogP contribution in [0.3, 0.4) is 0 Å². The molecule has 0 radical (unpaired) electrons. The van der Waals surface area contributed by atoms with Crippen LogP contribution in [0.1, 0.15) is 23.6 Å². The summed E-state index contributed by atoms with van der Waals surface area (Å²) in [4.78, 5) is 12.6. The van der Waals surface area contributed by atoms with Crippen molar-refractivity contribution < 1.29 is 13.6 Å². The average Bonchev–Trinajstić information content (AvgIpc) is 2.63. The van der Waals surface area contributed by atoms with Crippen LogP contribution in [0, 0.1) is 11.6 Å². The van der Waals surface area contributed by atoms with Crippen molar-refractivity contribution in [2.24, 2.45) is 0 Å². The minimum Gasteiger partial charge on any atom is -0.345 e. The number of carbonyl (C=O) groups is 1. The van der Waals surface area contributed by atoms with E-state index in [0.29, 0.717) is 10.6 Å². The second-order valence-corrected chi connectivity index (χ2v) is 7.67. The number of hydrogen-bond acceptors (Lipinski definition) is 3. The summed E-state index contributed by atoms with van der Waals surface area (Å²) < 4.78 is 28.1. The second-order valence-electron chi connectivity index (χ2n) is 6.12. The first kappa shape index (κ1) is 22.0. The van der Waals surface area contributed by atoms with Crippen LogP contribution in [-0.2, 0) is 4.79 Å². The molecular formula is C19H20Cl2F2N2OS. The smallest absolute Gasteiger partial charge is 0.222 e. The number of benzene rings is 2. The van der Waals surface area contributed by atoms with E-state index in [-0.39, 0.29) is 36.3 Å². The summed E-state index contributed by atoms with van der Waals surface area (Å²) in [6, 6.07) is 9.26. The van der Waals surface area contributed by atoms with Crippen molar-refractivity contribution in [3.05, 3.63) is 70.2 Å². The van der Waals surface area contributed by atoms with Crippen molar-refractivity contribution in [1.29, 1.82) is 0 Å². The van der Waals surface area contributed by atoms with Gasteiger partial charge in [0.25, 0.3) is 0 Å². The van der Waals surface area contributed by atoms with Gasteiger partial charge < -0.3 is 10.6 Å². The highest BCUT2D eigenvalue weighted by Crippen LogP contribution is 2.30. The normalized spacial score (nSPS) is 17.7. The Morgan fingerprint density at radius 1 is 1.26 bits per heavy atom. The predicted octanol–water partition coefficient (Wildman–Crippen LogP) is 4.34. The van der Waals surface area contributed by atoms with Gasteiger partial charge in [-0.15, -0.1) is 12.4 Å². The largest absolute Gasteiger partial charge is 0.345 e. The molecular weight excluding hydrogens is 413 g/mol. The molecule has 2 aromatic carbocycles. The van der Waals surface area contributed by atoms with E-state index < -0.39 is 17.7 Å². The van der Waals surface area contributed by atoms with Gasteiger partial charge in [0.15, 0.2) is 0 Å². The molecule has 0 saturated carbocycles. The molecule has 3 nitrogen and oxygen atoms in total. The molecule has 8 heteroatoms. The molecule has 1 fully saturated rings. The van der Waals surface area contributed by atoms with Crippen LogP contribution in [0.4, 0.5) is 8.78 Å². The molecule has 1 aliphatic rings. The number of halogens is 4. The van der Waals surface area contributed by atoms with E-state index in [4.69, 9.17) is 11.6 Å². The molecule has 27 heavy (non-hydrogen) atoms. The van der Waals surface area contributed by atoms with E-state index in [1.165, 1.54) is 0 Å². The van der Waals surface area contributed by atoms with Crippen LogP contribution in [-0.4, -0.2) is 30.0 Å². The Hall–Kier alpha value is -1.34. The van der Waals surface area contributed by atoms with E-state index in [1.807, 2.05) is 0 Å². The lowest BCUT2D eigenvalue weighted by atomic mass is 9.97. The highest BCUT2D eigenvalue weighted by Gasteiger charge is 2.25. The highest BCUT2D eigenvalue weighted by atomic mass is 35.5. The number of hydrogen-bond donors (Lipinski definition) is 2. The molecule has 2 unspecified atom stereocenters. The predicted molar refractivity (Wildman–Crippen MR) is 109 cm³/mol. The van der Waals surface area contributed by atoms with Crippen molar-refractivity contribution in [1.82, 2.24) is 10.6 Å². The van der Waals surface area contributed by atoms with Crippen LogP contribution in [0.5, 0.6) is 0 Å². The Balaban J connectivity index is 0.00000261. The van der Waals surface area contributed by atoms with E-state index in [1.54, 1.807) is 36.0 Å². The van der Waals surface area contributed by atoms with Crippen molar-refractivity contribution in [2.75, 3.05) is 18.1 Å². The van der Waals surface area contributed by atoms with Gasteiger partial charge in [-0.2, -0.15) is 11.8 Å². The Kier molecular flexibility index (Phi) is 8.35. The summed E-state index contributed by atoms with van der Waals surface area (Å²) in [6.07, 6.45) is 0.269. The fourth-order valence-electron chi connectivity index (χ4n) is 2.96. The van der Waals surface area contributed by atoms with Gasteiger partial charge in [-0.1, -0.05) is 29.8 Å². The molecule has 2 aromatic rings. The van der Waals surface area contributed by atoms with Crippen LogP contribution in [0.25, 0.3) is 0 Å². The van der Waals surface area contributed by atoms with Crippen molar-refractivity contribution in [2.45, 2.75) is 18.5 Å². The third kappa shape index (κ3) is 5.82. The number of thioether (sulfide) groups is 1. The zero-order valence-corrected chi connectivity index (χ0v) is 16.8. The van der Waals surface area contributed by atoms with Gasteiger partial charge in [-0.3, -0.25) is 4.79 Å². The molecule has 0 bridgehead atoms. The maximum Gasteiger partial charge on any atom is 0.222 e. The van der Waals surface area contributed by atoms with Gasteiger partial charge >= 0.3 is 0 Å². The van der Waals surface area contributed by atoms with Gasteiger partial charge in [-0.05, 0) is 29.8 Å². The van der Waals surface area contributed by atoms with Crippen LogP contribution >= 0.6 is 35.8 Å². The SMILES string of the molecule is Cl.O=C(CC1CSCCN1)NC(c1cc(F)ccc1F)c1ccccc1Cl. The van der Waals surface area contributed by atoms with Gasteiger partial charge in [-0.25, -0.2) is 8.78 Å². The van der Waals surface area contributed by atoms with Gasteiger partial charge in [0.1, 0.15) is 11.6 Å². The molecule has 0 spiro atoms. The van der Waals surface area contributed by atoms with Crippen LogP contribution in [0.15, 0.2) is 42.5 Å². The Bertz CT molecular complexity index is 788. The number of rotatable bonds is 5. The van der Waals surface area contributed by atoms with E-state index in [9.17, 15) is 13.6 Å². The minimum atomic E-state index is -0.858. The van der Waals surface area contributed by atoms with E-state index in [0.717, 1.165) is 36.2 Å². The molecule has 0 aliphatic carbocycles. The summed E-state index contributed by atoms with van der Waals surface area (Å²) in [5.41, 5.74) is 0.579. The summed E-state index contributed by atoms with van der Waals surface area (Å²) >= 11 is 8.04. The molecule has 1 saturated heterocycles. The maximum absolute atomic E-state index is 14.4. The first-order chi connectivity index (χ1) is 12.5. The lowest BCUT2D eigenvalue weighted by molar-refractivity contribution is -0.122. The Morgan fingerprint density at radius 2 is 2.04 bits per heavy atom. The molecule has 2 N–H and O–H groups in total. The highest BCUT2D eigenvalue weighted by molar-refractivity contribution is 7.99. The van der Waals surface area contributed by atoms with Crippen molar-refractivity contribution in [3.63, 3.8) is 0 Å². The quantitative estimate of drug-likeness (QED) is 0.737. The van der Waals surface area contributed by atoms with Gasteiger partial charge in [0.2, 0.25) is 5.91 Å². The zero-order chi connectivity index (χ0) is 18.5. The third-order valence-corrected chi connectivity index (χ3v) is 5.70. The molecule has 2 atom stereocenters. The third-order valence-electron chi connectivity index (χ3n) is 4.22. The van der Waals surface area contributed by atoms with Crippen LogP contribution in [0.2, 0.25) is 5.02 Å². The lowest BCUT2D eigenvalue weighted by Crippen LogP contribution is -2.42. The first-order valence-electron chi connectivity index (χ1n) is 8.34. The molecule has 1 aliphatic heterocycles. The average molecular weight is 433 g/mol. The zero-order valence-electron chi connectivity index (χ0n) is 14.4. The van der Waals surface area contributed by atoms with Crippen molar-refractivity contribution in [3.8, 4) is 0 Å². The molecule has 1 heterocycles. The summed E-state index contributed by atoms with van der Waals surface area (Å²) in [5, 5.41) is 6.50. The van der Waals surface area contributed by atoms with E-state index in [2.05, 4.69) is 10.6 Å². The summed E-state index contributed by atoms with van der Waals surface area (Å²) in [7, 11) is 0. The standard InChI is InChI=1S/C19H19ClF2N2OS.ClH/c20-16-4-2-1-3-14(16)19(15-9-12(21)5-6-17(15)22)24-18(25)10-13-11-26-8-7-23-13;/h1-6,9,13,19,23H,7-8,10-11H2,(H,24,25);1H. The number of amides is 1. The van der Waals surface area contributed by atoms with Gasteiger partial charge in [0.05, 0.1) is 6.04 Å². The van der Waals surface area contributed by atoms with E-state index >= 15 is 0 Å². The second kappa shape index (κ2) is 10.3. The minimum absolute atomic E-state index is 0. The summed E-state index contributed by atoms with van der Waals surface area (Å²) in [5.74, 6) is 0.465.